The Bertz CT molecular complexity index is 699. The van der Waals surface area contributed by atoms with Gasteiger partial charge in [0.25, 0.3) is 5.91 Å². The zero-order valence-corrected chi connectivity index (χ0v) is 10.1. The molecule has 0 aliphatic rings. The highest BCUT2D eigenvalue weighted by Crippen LogP contribution is 2.32. The van der Waals surface area contributed by atoms with Gasteiger partial charge in [-0.1, -0.05) is 0 Å². The molecule has 1 amide bonds. The van der Waals surface area contributed by atoms with Gasteiger partial charge in [0.05, 0.1) is 5.56 Å². The summed E-state index contributed by atoms with van der Waals surface area (Å²) in [5, 5.41) is 3.45. The zero-order chi connectivity index (χ0) is 15.9. The number of hydrogen-bond donors (Lipinski definition) is 2. The Labute approximate surface area is 113 Å². The molecule has 0 fully saturated rings. The van der Waals surface area contributed by atoms with E-state index in [-0.39, 0.29) is 23.6 Å². The van der Waals surface area contributed by atoms with Gasteiger partial charge in [-0.15, -0.1) is 0 Å². The molecule has 0 radical (unpaired) electrons. The van der Waals surface area contributed by atoms with E-state index >= 15 is 0 Å². The maximum atomic E-state index is 13.7. The van der Waals surface area contributed by atoms with E-state index in [0.29, 0.717) is 4.68 Å². The standard InChI is InChI=1S/C11H7F5N4O/c12-5-1-4(11(14,15)16)2-6(13)9(5)20-8(17)3-7(19-20)10(18)21/h1-3H,17H2,(H2,18,21). The van der Waals surface area contributed by atoms with Crippen molar-refractivity contribution >= 4 is 11.7 Å². The number of nitrogens with two attached hydrogens (primary N) is 2. The summed E-state index contributed by atoms with van der Waals surface area (Å²) in [5.41, 5.74) is 7.52. The van der Waals surface area contributed by atoms with Crippen molar-refractivity contribution < 1.29 is 26.7 Å². The number of nitrogen functional groups attached to an aromatic ring is 1. The van der Waals surface area contributed by atoms with E-state index in [2.05, 4.69) is 5.10 Å². The highest BCUT2D eigenvalue weighted by molar-refractivity contribution is 5.91. The Hall–Kier alpha value is -2.65. The maximum absolute atomic E-state index is 13.7. The predicted molar refractivity (Wildman–Crippen MR) is 61.4 cm³/mol. The van der Waals surface area contributed by atoms with Gasteiger partial charge in [-0.2, -0.15) is 18.3 Å². The van der Waals surface area contributed by atoms with Gasteiger partial charge >= 0.3 is 6.18 Å². The van der Waals surface area contributed by atoms with E-state index in [4.69, 9.17) is 11.5 Å². The monoisotopic (exact) mass is 306 g/mol. The molecule has 0 aliphatic carbocycles. The van der Waals surface area contributed by atoms with Gasteiger partial charge in [0, 0.05) is 6.07 Å². The van der Waals surface area contributed by atoms with Crippen LogP contribution in [-0.2, 0) is 6.18 Å². The Morgan fingerprint density at radius 2 is 1.67 bits per heavy atom. The molecule has 4 N–H and O–H groups in total. The molecule has 0 aliphatic heterocycles. The molecule has 0 atom stereocenters. The van der Waals surface area contributed by atoms with E-state index in [1.165, 1.54) is 0 Å². The molecule has 0 bridgehead atoms. The lowest BCUT2D eigenvalue weighted by molar-refractivity contribution is -0.138. The molecule has 0 saturated carbocycles. The van der Waals surface area contributed by atoms with Gasteiger partial charge in [-0.3, -0.25) is 4.79 Å². The molecule has 112 valence electrons. The number of amides is 1. The second kappa shape index (κ2) is 4.72. The van der Waals surface area contributed by atoms with Crippen molar-refractivity contribution in [3.8, 4) is 5.69 Å². The van der Waals surface area contributed by atoms with Gasteiger partial charge in [-0.05, 0) is 12.1 Å². The third-order valence-corrected chi connectivity index (χ3v) is 2.55. The molecular weight excluding hydrogens is 299 g/mol. The SMILES string of the molecule is NC(=O)c1cc(N)n(-c2c(F)cc(C(F)(F)F)cc2F)n1. The van der Waals surface area contributed by atoms with Crippen molar-refractivity contribution in [3.05, 3.63) is 41.1 Å². The summed E-state index contributed by atoms with van der Waals surface area (Å²) in [5.74, 6) is -4.43. The Morgan fingerprint density at radius 1 is 1.14 bits per heavy atom. The number of alkyl halides is 3. The molecule has 0 unspecified atom stereocenters. The molecular formula is C11H7F5N4O. The topological polar surface area (TPSA) is 86.9 Å². The highest BCUT2D eigenvalue weighted by Gasteiger charge is 2.33. The van der Waals surface area contributed by atoms with E-state index < -0.39 is 35.0 Å². The largest absolute Gasteiger partial charge is 0.416 e. The Kier molecular flexibility index (Phi) is 3.32. The van der Waals surface area contributed by atoms with Crippen LogP contribution in [0.15, 0.2) is 18.2 Å². The molecule has 2 aromatic rings. The fourth-order valence-corrected chi connectivity index (χ4v) is 1.63. The van der Waals surface area contributed by atoms with Crippen molar-refractivity contribution in [1.82, 2.24) is 9.78 Å². The van der Waals surface area contributed by atoms with Crippen molar-refractivity contribution in [2.45, 2.75) is 6.18 Å². The van der Waals surface area contributed by atoms with Crippen LogP contribution in [0.4, 0.5) is 27.8 Å². The number of nitrogens with zero attached hydrogens (tertiary/aromatic N) is 2. The zero-order valence-electron chi connectivity index (χ0n) is 10.1. The highest BCUT2D eigenvalue weighted by atomic mass is 19.4. The van der Waals surface area contributed by atoms with Gasteiger partial charge in [0.2, 0.25) is 0 Å². The summed E-state index contributed by atoms with van der Waals surface area (Å²) in [4.78, 5) is 10.9. The minimum Gasteiger partial charge on any atom is -0.384 e. The summed E-state index contributed by atoms with van der Waals surface area (Å²) >= 11 is 0. The van der Waals surface area contributed by atoms with Gasteiger partial charge in [-0.25, -0.2) is 13.5 Å². The number of carbonyl (C=O) groups is 1. The summed E-state index contributed by atoms with van der Waals surface area (Å²) in [7, 11) is 0. The minimum atomic E-state index is -4.91. The number of aromatic nitrogens is 2. The first-order valence-corrected chi connectivity index (χ1v) is 5.33. The first kappa shape index (κ1) is 14.8. The second-order valence-corrected chi connectivity index (χ2v) is 4.02. The summed E-state index contributed by atoms with van der Waals surface area (Å²) in [6.07, 6.45) is -4.91. The Balaban J connectivity index is 2.63. The fourth-order valence-electron chi connectivity index (χ4n) is 1.63. The van der Waals surface area contributed by atoms with Crippen LogP contribution in [0.5, 0.6) is 0 Å². The molecule has 0 spiro atoms. The van der Waals surface area contributed by atoms with Crippen LogP contribution in [0.25, 0.3) is 5.69 Å². The number of halogens is 5. The van der Waals surface area contributed by atoms with Gasteiger partial charge < -0.3 is 11.5 Å². The van der Waals surface area contributed by atoms with Crippen LogP contribution >= 0.6 is 0 Å². The first-order valence-electron chi connectivity index (χ1n) is 5.33. The molecule has 0 saturated heterocycles. The Morgan fingerprint density at radius 3 is 2.05 bits per heavy atom. The molecule has 1 heterocycles. The molecule has 5 nitrogen and oxygen atoms in total. The van der Waals surface area contributed by atoms with Crippen LogP contribution in [0, 0.1) is 11.6 Å². The van der Waals surface area contributed by atoms with E-state index in [1.54, 1.807) is 0 Å². The third-order valence-electron chi connectivity index (χ3n) is 2.55. The lowest BCUT2D eigenvalue weighted by Crippen LogP contribution is -2.14. The molecule has 21 heavy (non-hydrogen) atoms. The lowest BCUT2D eigenvalue weighted by atomic mass is 10.2. The maximum Gasteiger partial charge on any atom is 0.416 e. The summed E-state index contributed by atoms with van der Waals surface area (Å²) in [6, 6.07) is 1.14. The van der Waals surface area contributed by atoms with Crippen LogP contribution in [0.1, 0.15) is 16.1 Å². The predicted octanol–water partition coefficient (Wildman–Crippen LogP) is 1.85. The lowest BCUT2D eigenvalue weighted by Gasteiger charge is -2.11. The average Bonchev–Trinajstić information content (AvgIpc) is 2.69. The number of hydrogen-bond acceptors (Lipinski definition) is 3. The quantitative estimate of drug-likeness (QED) is 0.830. The van der Waals surface area contributed by atoms with Crippen LogP contribution in [-0.4, -0.2) is 15.7 Å². The summed E-state index contributed by atoms with van der Waals surface area (Å²) in [6.45, 7) is 0. The molecule has 1 aromatic carbocycles. The van der Waals surface area contributed by atoms with Gasteiger partial charge in [0.15, 0.2) is 17.3 Å². The normalized spacial score (nSPS) is 11.7. The van der Waals surface area contributed by atoms with Crippen molar-refractivity contribution in [2.24, 2.45) is 5.73 Å². The van der Waals surface area contributed by atoms with Gasteiger partial charge in [0.1, 0.15) is 11.5 Å². The van der Waals surface area contributed by atoms with Crippen LogP contribution in [0.2, 0.25) is 0 Å². The van der Waals surface area contributed by atoms with Crippen LogP contribution < -0.4 is 11.5 Å². The van der Waals surface area contributed by atoms with Crippen molar-refractivity contribution in [1.29, 1.82) is 0 Å². The van der Waals surface area contributed by atoms with E-state index in [0.717, 1.165) is 6.07 Å². The smallest absolute Gasteiger partial charge is 0.384 e. The number of benzene rings is 1. The van der Waals surface area contributed by atoms with E-state index in [1.807, 2.05) is 0 Å². The second-order valence-electron chi connectivity index (χ2n) is 4.02. The van der Waals surface area contributed by atoms with Crippen molar-refractivity contribution in [2.75, 3.05) is 5.73 Å². The number of primary amides is 1. The molecule has 2 rings (SSSR count). The first-order chi connectivity index (χ1) is 9.61. The number of rotatable bonds is 2. The minimum absolute atomic E-state index is 0.101. The number of anilines is 1. The van der Waals surface area contributed by atoms with E-state index in [9.17, 15) is 26.7 Å². The fraction of sp³-hybridized carbons (Fsp3) is 0.0909. The van der Waals surface area contributed by atoms with Crippen molar-refractivity contribution in [3.63, 3.8) is 0 Å². The third kappa shape index (κ3) is 2.64. The van der Waals surface area contributed by atoms with Crippen LogP contribution in [0.3, 0.4) is 0 Å². The molecule has 10 heteroatoms. The molecule has 1 aromatic heterocycles. The average molecular weight is 306 g/mol. The number of carbonyl (C=O) groups excluding carboxylic acids is 1. The summed E-state index contributed by atoms with van der Waals surface area (Å²) < 4.78 is 65.2.